The number of hydrogen-bond donors (Lipinski definition) is 2. The van der Waals surface area contributed by atoms with Gasteiger partial charge in [-0.05, 0) is 37.8 Å². The highest BCUT2D eigenvalue weighted by molar-refractivity contribution is 5.75. The van der Waals surface area contributed by atoms with Gasteiger partial charge in [0.1, 0.15) is 11.9 Å². The molecule has 136 valence electrons. The Hall–Kier alpha value is -1.53. The zero-order chi connectivity index (χ0) is 17.5. The number of urea groups is 1. The van der Waals surface area contributed by atoms with Crippen LogP contribution in [-0.2, 0) is 4.74 Å². The van der Waals surface area contributed by atoms with Gasteiger partial charge in [0.05, 0.1) is 25.5 Å². The van der Waals surface area contributed by atoms with Crippen LogP contribution >= 0.6 is 0 Å². The number of nitrogens with zero attached hydrogens (tertiary/aromatic N) is 1. The summed E-state index contributed by atoms with van der Waals surface area (Å²) in [7, 11) is 0. The summed E-state index contributed by atoms with van der Waals surface area (Å²) < 4.78 is 10.7. The summed E-state index contributed by atoms with van der Waals surface area (Å²) in [4.78, 5) is 14.4. The molecule has 1 saturated heterocycles. The first-order chi connectivity index (χ1) is 11.5. The van der Waals surface area contributed by atoms with Crippen molar-refractivity contribution in [2.45, 2.75) is 58.2 Å². The van der Waals surface area contributed by atoms with Crippen LogP contribution in [0.2, 0.25) is 0 Å². The standard InChI is InChI=1S/C18H30N2O4/c1-13(2)6-7-14(3)19-18(22)20-8-10-23-12-15(20)11-16(21)17-5-4-9-24-17/h4-5,9,13-16,21H,6-8,10-12H2,1-3H3,(H,19,22). The molecule has 1 aliphatic heterocycles. The molecule has 1 aromatic rings. The van der Waals surface area contributed by atoms with Crippen molar-refractivity contribution >= 4 is 6.03 Å². The van der Waals surface area contributed by atoms with Crippen LogP contribution < -0.4 is 5.32 Å². The molecule has 2 rings (SSSR count). The predicted octanol–water partition coefficient (Wildman–Crippen LogP) is 2.94. The van der Waals surface area contributed by atoms with Crippen molar-refractivity contribution in [3.63, 3.8) is 0 Å². The van der Waals surface area contributed by atoms with E-state index in [1.165, 1.54) is 6.26 Å². The predicted molar refractivity (Wildman–Crippen MR) is 91.7 cm³/mol. The van der Waals surface area contributed by atoms with Crippen molar-refractivity contribution in [1.29, 1.82) is 0 Å². The number of aliphatic hydroxyl groups is 1. The van der Waals surface area contributed by atoms with Crippen LogP contribution in [0.5, 0.6) is 0 Å². The SMILES string of the molecule is CC(C)CCC(C)NC(=O)N1CCOCC1CC(O)c1ccco1. The molecule has 24 heavy (non-hydrogen) atoms. The highest BCUT2D eigenvalue weighted by Crippen LogP contribution is 2.23. The number of carbonyl (C=O) groups is 1. The summed E-state index contributed by atoms with van der Waals surface area (Å²) in [5.41, 5.74) is 0. The monoisotopic (exact) mass is 338 g/mol. The Balaban J connectivity index is 1.89. The zero-order valence-electron chi connectivity index (χ0n) is 14.9. The fraction of sp³-hybridized carbons (Fsp3) is 0.722. The number of morpholine rings is 1. The van der Waals surface area contributed by atoms with Gasteiger partial charge in [-0.2, -0.15) is 0 Å². The van der Waals surface area contributed by atoms with E-state index in [0.717, 1.165) is 12.8 Å². The topological polar surface area (TPSA) is 74.9 Å². The maximum atomic E-state index is 12.6. The first-order valence-corrected chi connectivity index (χ1v) is 8.83. The van der Waals surface area contributed by atoms with E-state index >= 15 is 0 Å². The van der Waals surface area contributed by atoms with Crippen LogP contribution in [0, 0.1) is 5.92 Å². The molecule has 0 aromatic carbocycles. The van der Waals surface area contributed by atoms with Crippen molar-refractivity contribution in [2.75, 3.05) is 19.8 Å². The largest absolute Gasteiger partial charge is 0.467 e. The number of carbonyl (C=O) groups excluding carboxylic acids is 1. The van der Waals surface area contributed by atoms with Gasteiger partial charge in [-0.15, -0.1) is 0 Å². The third-order valence-electron chi connectivity index (χ3n) is 4.40. The Bertz CT molecular complexity index is 489. The third kappa shape index (κ3) is 5.53. The lowest BCUT2D eigenvalue weighted by atomic mass is 10.0. The van der Waals surface area contributed by atoms with Gasteiger partial charge in [0.25, 0.3) is 0 Å². The second-order valence-electron chi connectivity index (χ2n) is 7.01. The zero-order valence-corrected chi connectivity index (χ0v) is 14.9. The van der Waals surface area contributed by atoms with Crippen molar-refractivity contribution < 1.29 is 19.1 Å². The maximum absolute atomic E-state index is 12.6. The number of furan rings is 1. The van der Waals surface area contributed by atoms with Gasteiger partial charge in [-0.3, -0.25) is 0 Å². The number of hydrogen-bond acceptors (Lipinski definition) is 4. The van der Waals surface area contributed by atoms with E-state index in [2.05, 4.69) is 19.2 Å². The van der Waals surface area contributed by atoms with Crippen LogP contribution in [0.1, 0.15) is 51.9 Å². The van der Waals surface area contributed by atoms with E-state index in [1.807, 2.05) is 6.92 Å². The molecule has 3 unspecified atom stereocenters. The number of rotatable bonds is 7. The molecule has 3 atom stereocenters. The van der Waals surface area contributed by atoms with Gasteiger partial charge in [-0.1, -0.05) is 13.8 Å². The fourth-order valence-corrected chi connectivity index (χ4v) is 2.92. The van der Waals surface area contributed by atoms with Crippen LogP contribution in [0.4, 0.5) is 4.79 Å². The van der Waals surface area contributed by atoms with Gasteiger partial charge in [0.2, 0.25) is 0 Å². The molecule has 2 N–H and O–H groups in total. The summed E-state index contributed by atoms with van der Waals surface area (Å²) in [5.74, 6) is 1.15. The van der Waals surface area contributed by atoms with E-state index in [0.29, 0.717) is 37.9 Å². The Morgan fingerprint density at radius 3 is 2.88 bits per heavy atom. The number of amides is 2. The normalized spacial score (nSPS) is 20.9. The summed E-state index contributed by atoms with van der Waals surface area (Å²) in [6, 6.07) is 3.39. The van der Waals surface area contributed by atoms with Crippen molar-refractivity contribution in [1.82, 2.24) is 10.2 Å². The molecule has 0 spiro atoms. The molecule has 0 bridgehead atoms. The Kier molecular flexibility index (Phi) is 7.12. The average Bonchev–Trinajstić information content (AvgIpc) is 3.08. The number of ether oxygens (including phenoxy) is 1. The van der Waals surface area contributed by atoms with Gasteiger partial charge in [0.15, 0.2) is 0 Å². The highest BCUT2D eigenvalue weighted by atomic mass is 16.5. The molecule has 2 amide bonds. The van der Waals surface area contributed by atoms with Crippen molar-refractivity contribution in [3.8, 4) is 0 Å². The molecular formula is C18H30N2O4. The molecule has 1 aliphatic rings. The highest BCUT2D eigenvalue weighted by Gasteiger charge is 2.30. The maximum Gasteiger partial charge on any atom is 0.318 e. The van der Waals surface area contributed by atoms with E-state index in [-0.39, 0.29) is 18.1 Å². The molecule has 0 saturated carbocycles. The number of aliphatic hydroxyl groups excluding tert-OH is 1. The molecule has 1 aromatic heterocycles. The minimum atomic E-state index is -0.736. The van der Waals surface area contributed by atoms with Crippen LogP contribution in [0.3, 0.4) is 0 Å². The Morgan fingerprint density at radius 1 is 1.42 bits per heavy atom. The molecule has 0 aliphatic carbocycles. The first-order valence-electron chi connectivity index (χ1n) is 8.83. The van der Waals surface area contributed by atoms with Crippen LogP contribution in [-0.4, -0.2) is 47.9 Å². The molecular weight excluding hydrogens is 308 g/mol. The van der Waals surface area contributed by atoms with Crippen molar-refractivity contribution in [2.24, 2.45) is 5.92 Å². The Morgan fingerprint density at radius 2 is 2.21 bits per heavy atom. The van der Waals surface area contributed by atoms with Gasteiger partial charge >= 0.3 is 6.03 Å². The summed E-state index contributed by atoms with van der Waals surface area (Å²) in [5, 5.41) is 13.4. The quantitative estimate of drug-likeness (QED) is 0.801. The Labute approximate surface area is 144 Å². The lowest BCUT2D eigenvalue weighted by Crippen LogP contribution is -2.54. The molecule has 6 nitrogen and oxygen atoms in total. The second-order valence-corrected chi connectivity index (χ2v) is 7.01. The summed E-state index contributed by atoms with van der Waals surface area (Å²) in [6.07, 6.45) is 3.26. The van der Waals surface area contributed by atoms with Crippen LogP contribution in [0.25, 0.3) is 0 Å². The molecule has 6 heteroatoms. The fourth-order valence-electron chi connectivity index (χ4n) is 2.92. The first kappa shape index (κ1) is 18.8. The van der Waals surface area contributed by atoms with E-state index in [1.54, 1.807) is 17.0 Å². The molecule has 0 radical (unpaired) electrons. The average molecular weight is 338 g/mol. The smallest absolute Gasteiger partial charge is 0.318 e. The van der Waals surface area contributed by atoms with Gasteiger partial charge in [-0.25, -0.2) is 4.79 Å². The van der Waals surface area contributed by atoms with Gasteiger partial charge in [0, 0.05) is 19.0 Å². The van der Waals surface area contributed by atoms with Crippen molar-refractivity contribution in [3.05, 3.63) is 24.2 Å². The number of nitrogens with one attached hydrogen (secondary N) is 1. The van der Waals surface area contributed by atoms with Crippen LogP contribution in [0.15, 0.2) is 22.8 Å². The summed E-state index contributed by atoms with van der Waals surface area (Å²) >= 11 is 0. The van der Waals surface area contributed by atoms with E-state index in [4.69, 9.17) is 9.15 Å². The molecule has 2 heterocycles. The lowest BCUT2D eigenvalue weighted by molar-refractivity contribution is -0.0101. The second kappa shape index (κ2) is 9.08. The summed E-state index contributed by atoms with van der Waals surface area (Å²) in [6.45, 7) is 7.91. The van der Waals surface area contributed by atoms with E-state index < -0.39 is 6.10 Å². The minimum absolute atomic E-state index is 0.0776. The lowest BCUT2D eigenvalue weighted by Gasteiger charge is -2.37. The minimum Gasteiger partial charge on any atom is -0.467 e. The third-order valence-corrected chi connectivity index (χ3v) is 4.40. The van der Waals surface area contributed by atoms with E-state index in [9.17, 15) is 9.90 Å². The van der Waals surface area contributed by atoms with Gasteiger partial charge < -0.3 is 24.5 Å². The molecule has 1 fully saturated rings.